The van der Waals surface area contributed by atoms with Crippen LogP contribution in [0.3, 0.4) is 0 Å². The van der Waals surface area contributed by atoms with Gasteiger partial charge in [0.25, 0.3) is 0 Å². The average Bonchev–Trinajstić information content (AvgIpc) is 2.65. The summed E-state index contributed by atoms with van der Waals surface area (Å²) in [5.41, 5.74) is 2.75. The van der Waals surface area contributed by atoms with E-state index in [2.05, 4.69) is 5.32 Å². The fourth-order valence-electron chi connectivity index (χ4n) is 3.73. The van der Waals surface area contributed by atoms with Crippen LogP contribution in [0.1, 0.15) is 36.8 Å². The fraction of sp³-hybridized carbons (Fsp3) is 0.409. The summed E-state index contributed by atoms with van der Waals surface area (Å²) in [6.45, 7) is 1.84. The van der Waals surface area contributed by atoms with Gasteiger partial charge in [0.15, 0.2) is 11.6 Å². The number of carbonyl (C=O) groups is 1. The van der Waals surface area contributed by atoms with Crippen molar-refractivity contribution in [3.8, 4) is 11.1 Å². The van der Waals surface area contributed by atoms with E-state index in [0.717, 1.165) is 23.3 Å². The molecule has 2 nitrogen and oxygen atoms in total. The summed E-state index contributed by atoms with van der Waals surface area (Å²) in [6.07, 6.45) is -3.43. The van der Waals surface area contributed by atoms with Gasteiger partial charge in [0.05, 0.1) is 12.3 Å². The van der Waals surface area contributed by atoms with Gasteiger partial charge in [-0.1, -0.05) is 24.3 Å². The van der Waals surface area contributed by atoms with Crippen molar-refractivity contribution in [3.63, 3.8) is 0 Å². The number of carbonyl (C=O) groups excluding carboxylic acids is 1. The lowest BCUT2D eigenvalue weighted by molar-refractivity contribution is -0.182. The summed E-state index contributed by atoms with van der Waals surface area (Å²) in [5.74, 6) is -3.42. The van der Waals surface area contributed by atoms with Crippen molar-refractivity contribution < 1.29 is 26.7 Å². The number of benzene rings is 2. The van der Waals surface area contributed by atoms with Crippen molar-refractivity contribution in [1.82, 2.24) is 5.32 Å². The number of aryl methyl sites for hydroxylation is 1. The number of hydrogen-bond acceptors (Lipinski definition) is 1. The predicted octanol–water partition coefficient (Wildman–Crippen LogP) is 5.72. The molecule has 29 heavy (non-hydrogen) atoms. The van der Waals surface area contributed by atoms with Crippen LogP contribution in [-0.4, -0.2) is 18.1 Å². The first-order valence-electron chi connectivity index (χ1n) is 9.54. The van der Waals surface area contributed by atoms with Gasteiger partial charge in [0.2, 0.25) is 5.91 Å². The highest BCUT2D eigenvalue weighted by Crippen LogP contribution is 2.37. The molecule has 1 aliphatic carbocycles. The molecule has 0 aliphatic heterocycles. The number of halogens is 5. The van der Waals surface area contributed by atoms with E-state index in [1.165, 1.54) is 6.07 Å². The second-order valence-corrected chi connectivity index (χ2v) is 7.60. The third-order valence-electron chi connectivity index (χ3n) is 5.51. The maximum Gasteiger partial charge on any atom is 0.391 e. The van der Waals surface area contributed by atoms with Crippen molar-refractivity contribution in [2.24, 2.45) is 5.92 Å². The van der Waals surface area contributed by atoms with E-state index >= 15 is 0 Å². The molecule has 1 saturated carbocycles. The second kappa shape index (κ2) is 8.51. The Bertz CT molecular complexity index is 885. The smallest absolute Gasteiger partial charge is 0.353 e. The van der Waals surface area contributed by atoms with Crippen LogP contribution in [0.5, 0.6) is 0 Å². The van der Waals surface area contributed by atoms with Crippen molar-refractivity contribution in [2.45, 2.75) is 51.2 Å². The van der Waals surface area contributed by atoms with Gasteiger partial charge >= 0.3 is 6.18 Å². The molecule has 3 rings (SSSR count). The van der Waals surface area contributed by atoms with Gasteiger partial charge in [-0.15, -0.1) is 0 Å². The number of alkyl halides is 3. The molecule has 0 spiro atoms. The molecule has 2 aromatic rings. The Balaban J connectivity index is 1.64. The van der Waals surface area contributed by atoms with Crippen LogP contribution < -0.4 is 5.32 Å². The third-order valence-corrected chi connectivity index (χ3v) is 5.51. The van der Waals surface area contributed by atoms with Gasteiger partial charge < -0.3 is 5.32 Å². The molecule has 0 unspecified atom stereocenters. The quantitative estimate of drug-likeness (QED) is 0.641. The lowest BCUT2D eigenvalue weighted by Crippen LogP contribution is -2.40. The summed E-state index contributed by atoms with van der Waals surface area (Å²) >= 11 is 0. The monoisotopic (exact) mass is 411 g/mol. The maximum atomic E-state index is 13.5. The van der Waals surface area contributed by atoms with Crippen LogP contribution in [0.2, 0.25) is 0 Å². The predicted molar refractivity (Wildman–Crippen MR) is 100 cm³/mol. The molecule has 1 N–H and O–H groups in total. The normalized spacial score (nSPS) is 19.8. The van der Waals surface area contributed by atoms with Gasteiger partial charge in [0.1, 0.15) is 0 Å². The molecule has 1 fully saturated rings. The molecule has 0 bridgehead atoms. The molecule has 0 heterocycles. The Hall–Kier alpha value is -2.44. The summed E-state index contributed by atoms with van der Waals surface area (Å²) in [7, 11) is 0. The minimum absolute atomic E-state index is 0.0269. The molecule has 7 heteroatoms. The number of rotatable bonds is 4. The zero-order valence-corrected chi connectivity index (χ0v) is 16.0. The summed E-state index contributed by atoms with van der Waals surface area (Å²) < 4.78 is 64.9. The minimum Gasteiger partial charge on any atom is -0.353 e. The van der Waals surface area contributed by atoms with Crippen LogP contribution >= 0.6 is 0 Å². The summed E-state index contributed by atoms with van der Waals surface area (Å²) in [4.78, 5) is 12.4. The average molecular weight is 411 g/mol. The third kappa shape index (κ3) is 5.34. The van der Waals surface area contributed by atoms with E-state index in [4.69, 9.17) is 0 Å². The second-order valence-electron chi connectivity index (χ2n) is 7.60. The maximum absolute atomic E-state index is 13.5. The van der Waals surface area contributed by atoms with Crippen LogP contribution in [0.25, 0.3) is 11.1 Å². The first-order chi connectivity index (χ1) is 13.6. The molecule has 0 atom stereocenters. The van der Waals surface area contributed by atoms with Gasteiger partial charge in [0, 0.05) is 6.04 Å². The van der Waals surface area contributed by atoms with Crippen LogP contribution in [0.4, 0.5) is 22.0 Å². The molecule has 156 valence electrons. The molecule has 0 saturated heterocycles. The van der Waals surface area contributed by atoms with Crippen molar-refractivity contribution >= 4 is 5.91 Å². The molecule has 2 aromatic carbocycles. The lowest BCUT2D eigenvalue weighted by Gasteiger charge is -2.30. The summed E-state index contributed by atoms with van der Waals surface area (Å²) in [5, 5.41) is 2.83. The van der Waals surface area contributed by atoms with Crippen LogP contribution in [-0.2, 0) is 11.2 Å². The van der Waals surface area contributed by atoms with Crippen LogP contribution in [0.15, 0.2) is 36.4 Å². The number of hydrogen-bond donors (Lipinski definition) is 1. The lowest BCUT2D eigenvalue weighted by atomic mass is 9.85. The van der Waals surface area contributed by atoms with Crippen molar-refractivity contribution in [3.05, 3.63) is 59.2 Å². The Morgan fingerprint density at radius 3 is 2.21 bits per heavy atom. The highest BCUT2D eigenvalue weighted by molar-refractivity contribution is 5.80. The Morgan fingerprint density at radius 1 is 0.966 bits per heavy atom. The molecule has 1 amide bonds. The largest absolute Gasteiger partial charge is 0.391 e. The van der Waals surface area contributed by atoms with Crippen molar-refractivity contribution in [1.29, 1.82) is 0 Å². The Labute approximate surface area is 166 Å². The standard InChI is InChI=1S/C22H22F5NO/c1-13-2-3-14(15-4-9-19(23)20(24)11-15)10-16(13)12-21(29)28-18-7-5-17(6-8-18)22(25,26)27/h2-4,9-11,17-18H,5-8,12H2,1H3,(H,28,29). The van der Waals surface area contributed by atoms with Crippen molar-refractivity contribution in [2.75, 3.05) is 0 Å². The Kier molecular flexibility index (Phi) is 6.24. The van der Waals surface area contributed by atoms with Gasteiger partial charge in [-0.3, -0.25) is 4.79 Å². The van der Waals surface area contributed by atoms with E-state index in [9.17, 15) is 26.7 Å². The molecule has 0 radical (unpaired) electrons. The van der Waals surface area contributed by atoms with E-state index < -0.39 is 23.7 Å². The molecular weight excluding hydrogens is 389 g/mol. The van der Waals surface area contributed by atoms with E-state index in [0.29, 0.717) is 24.0 Å². The fourth-order valence-corrected chi connectivity index (χ4v) is 3.73. The summed E-state index contributed by atoms with van der Waals surface area (Å²) in [6, 6.07) is 8.68. The highest BCUT2D eigenvalue weighted by atomic mass is 19.4. The van der Waals surface area contributed by atoms with Crippen LogP contribution in [0, 0.1) is 24.5 Å². The highest BCUT2D eigenvalue weighted by Gasteiger charge is 2.41. The van der Waals surface area contributed by atoms with E-state index in [-0.39, 0.29) is 31.2 Å². The molecular formula is C22H22F5NO. The SMILES string of the molecule is Cc1ccc(-c2ccc(F)c(F)c2)cc1CC(=O)NC1CCC(C(F)(F)F)CC1. The first kappa shape index (κ1) is 21.3. The van der Waals surface area contributed by atoms with E-state index in [1.54, 1.807) is 18.2 Å². The number of amides is 1. The topological polar surface area (TPSA) is 29.1 Å². The zero-order valence-electron chi connectivity index (χ0n) is 16.0. The first-order valence-corrected chi connectivity index (χ1v) is 9.54. The minimum atomic E-state index is -4.17. The van der Waals surface area contributed by atoms with E-state index in [1.807, 2.05) is 6.92 Å². The Morgan fingerprint density at radius 2 is 1.59 bits per heavy atom. The number of nitrogens with one attached hydrogen (secondary N) is 1. The van der Waals surface area contributed by atoms with Gasteiger partial charge in [-0.05, 0) is 67.0 Å². The molecule has 1 aliphatic rings. The molecule has 0 aromatic heterocycles. The zero-order chi connectivity index (χ0) is 21.2. The van der Waals surface area contributed by atoms with Gasteiger partial charge in [-0.25, -0.2) is 8.78 Å². The van der Waals surface area contributed by atoms with Gasteiger partial charge in [-0.2, -0.15) is 13.2 Å².